The zero-order valence-electron chi connectivity index (χ0n) is 15.9. The van der Waals surface area contributed by atoms with Gasteiger partial charge in [-0.2, -0.15) is 0 Å². The van der Waals surface area contributed by atoms with E-state index in [1.54, 1.807) is 13.8 Å². The molecule has 2 aromatic rings. The number of hydrogen-bond acceptors (Lipinski definition) is 5. The highest BCUT2D eigenvalue weighted by Gasteiger charge is 2.22. The average molecular weight is 391 g/mol. The maximum Gasteiger partial charge on any atom is 0.294 e. The van der Waals surface area contributed by atoms with Gasteiger partial charge in [-0.25, -0.2) is 13.1 Å². The van der Waals surface area contributed by atoms with Crippen molar-refractivity contribution in [1.29, 1.82) is 0 Å². The summed E-state index contributed by atoms with van der Waals surface area (Å²) in [4.78, 5) is 10.8. The summed E-state index contributed by atoms with van der Waals surface area (Å²) in [6, 6.07) is 11.2. The topological polar surface area (TPSA) is 101 Å². The Morgan fingerprint density at radius 3 is 2.37 bits per heavy atom. The fourth-order valence-electron chi connectivity index (χ4n) is 2.72. The first-order valence-electron chi connectivity index (χ1n) is 8.75. The molecular weight excluding hydrogens is 366 g/mol. The Morgan fingerprint density at radius 2 is 1.78 bits per heavy atom. The Balaban J connectivity index is 2.37. The SMILES string of the molecule is CC(C)Cc1cccc(Nc2ccc(S(=O)(=O)NC(C)C)cc2[N+](=O)[O-])c1. The van der Waals surface area contributed by atoms with E-state index in [0.717, 1.165) is 18.1 Å². The molecule has 0 aliphatic carbocycles. The van der Waals surface area contributed by atoms with Crippen LogP contribution in [0.25, 0.3) is 0 Å². The van der Waals surface area contributed by atoms with Crippen molar-refractivity contribution in [2.75, 3.05) is 5.32 Å². The minimum absolute atomic E-state index is 0.137. The molecule has 0 aliphatic heterocycles. The van der Waals surface area contributed by atoms with E-state index in [-0.39, 0.29) is 22.3 Å². The summed E-state index contributed by atoms with van der Waals surface area (Å²) >= 11 is 0. The maximum absolute atomic E-state index is 12.3. The van der Waals surface area contributed by atoms with Gasteiger partial charge >= 0.3 is 0 Å². The van der Waals surface area contributed by atoms with Crippen LogP contribution in [0.15, 0.2) is 47.4 Å². The van der Waals surface area contributed by atoms with Crippen LogP contribution in [-0.2, 0) is 16.4 Å². The molecule has 27 heavy (non-hydrogen) atoms. The first kappa shape index (κ1) is 20.9. The largest absolute Gasteiger partial charge is 0.350 e. The molecule has 0 spiro atoms. The molecule has 146 valence electrons. The lowest BCUT2D eigenvalue weighted by molar-refractivity contribution is -0.384. The Kier molecular flexibility index (Phi) is 6.56. The molecule has 0 heterocycles. The van der Waals surface area contributed by atoms with Gasteiger partial charge in [0.15, 0.2) is 0 Å². The molecule has 0 atom stereocenters. The number of nitrogens with one attached hydrogen (secondary N) is 2. The second-order valence-electron chi connectivity index (χ2n) is 7.14. The molecule has 8 heteroatoms. The smallest absolute Gasteiger partial charge is 0.294 e. The number of anilines is 2. The van der Waals surface area contributed by atoms with Crippen LogP contribution in [0.2, 0.25) is 0 Å². The van der Waals surface area contributed by atoms with E-state index >= 15 is 0 Å². The van der Waals surface area contributed by atoms with Gasteiger partial charge in [0, 0.05) is 17.8 Å². The van der Waals surface area contributed by atoms with Gasteiger partial charge in [-0.15, -0.1) is 0 Å². The third kappa shape index (κ3) is 5.77. The number of sulfonamides is 1. The van der Waals surface area contributed by atoms with Crippen LogP contribution in [0.5, 0.6) is 0 Å². The number of hydrogen-bond donors (Lipinski definition) is 2. The van der Waals surface area contributed by atoms with E-state index in [1.165, 1.54) is 12.1 Å². The molecule has 0 bridgehead atoms. The summed E-state index contributed by atoms with van der Waals surface area (Å²) in [5.41, 5.74) is 1.78. The van der Waals surface area contributed by atoms with Crippen molar-refractivity contribution in [1.82, 2.24) is 4.72 Å². The second kappa shape index (κ2) is 8.49. The zero-order valence-corrected chi connectivity index (χ0v) is 16.7. The molecule has 0 unspecified atom stereocenters. The zero-order chi connectivity index (χ0) is 20.2. The summed E-state index contributed by atoms with van der Waals surface area (Å²) in [5, 5.41) is 14.5. The minimum atomic E-state index is -3.81. The summed E-state index contributed by atoms with van der Waals surface area (Å²) in [5.74, 6) is 0.493. The number of rotatable bonds is 8. The normalized spacial score (nSPS) is 11.8. The molecule has 2 N–H and O–H groups in total. The third-order valence-corrected chi connectivity index (χ3v) is 5.37. The molecule has 0 aromatic heterocycles. The summed E-state index contributed by atoms with van der Waals surface area (Å²) in [7, 11) is -3.81. The van der Waals surface area contributed by atoms with E-state index in [4.69, 9.17) is 0 Å². The number of nitro benzene ring substituents is 1. The molecule has 0 saturated heterocycles. The van der Waals surface area contributed by atoms with Crippen LogP contribution in [-0.4, -0.2) is 19.4 Å². The Hall–Kier alpha value is -2.45. The highest BCUT2D eigenvalue weighted by molar-refractivity contribution is 7.89. The van der Waals surface area contributed by atoms with Gasteiger partial charge in [0.1, 0.15) is 5.69 Å². The quantitative estimate of drug-likeness (QED) is 0.518. The second-order valence-corrected chi connectivity index (χ2v) is 8.85. The van der Waals surface area contributed by atoms with Crippen molar-refractivity contribution < 1.29 is 13.3 Å². The van der Waals surface area contributed by atoms with Gasteiger partial charge in [0.25, 0.3) is 5.69 Å². The molecule has 0 amide bonds. The fraction of sp³-hybridized carbons (Fsp3) is 0.368. The van der Waals surface area contributed by atoms with Crippen molar-refractivity contribution >= 4 is 27.1 Å². The van der Waals surface area contributed by atoms with E-state index in [0.29, 0.717) is 11.6 Å². The van der Waals surface area contributed by atoms with Crippen molar-refractivity contribution in [3.63, 3.8) is 0 Å². The highest BCUT2D eigenvalue weighted by atomic mass is 32.2. The molecule has 2 aromatic carbocycles. The number of benzene rings is 2. The Labute approximate surface area is 160 Å². The average Bonchev–Trinajstić information content (AvgIpc) is 2.53. The molecule has 0 saturated carbocycles. The van der Waals surface area contributed by atoms with Crippen molar-refractivity contribution in [2.24, 2.45) is 5.92 Å². The summed E-state index contributed by atoms with van der Waals surface area (Å²) in [6.07, 6.45) is 0.898. The fourth-order valence-corrected chi connectivity index (χ4v) is 3.99. The minimum Gasteiger partial charge on any atom is -0.350 e. The predicted octanol–water partition coefficient (Wildman–Crippen LogP) is 4.22. The van der Waals surface area contributed by atoms with Crippen molar-refractivity contribution in [3.8, 4) is 0 Å². The van der Waals surface area contributed by atoms with Crippen molar-refractivity contribution in [3.05, 3.63) is 58.1 Å². The van der Waals surface area contributed by atoms with E-state index in [9.17, 15) is 18.5 Å². The molecular formula is C19H25N3O4S. The van der Waals surface area contributed by atoms with E-state index < -0.39 is 14.9 Å². The highest BCUT2D eigenvalue weighted by Crippen LogP contribution is 2.30. The van der Waals surface area contributed by atoms with E-state index in [2.05, 4.69) is 23.9 Å². The summed E-state index contributed by atoms with van der Waals surface area (Å²) < 4.78 is 27.0. The number of nitro groups is 1. The van der Waals surface area contributed by atoms with Crippen LogP contribution in [0, 0.1) is 16.0 Å². The van der Waals surface area contributed by atoms with Gasteiger partial charge in [-0.3, -0.25) is 10.1 Å². The van der Waals surface area contributed by atoms with Crippen molar-refractivity contribution in [2.45, 2.75) is 45.1 Å². The maximum atomic E-state index is 12.3. The Morgan fingerprint density at radius 1 is 1.07 bits per heavy atom. The van der Waals surface area contributed by atoms with Gasteiger partial charge < -0.3 is 5.32 Å². The van der Waals surface area contributed by atoms with Gasteiger partial charge in [0.2, 0.25) is 10.0 Å². The predicted molar refractivity (Wildman–Crippen MR) is 107 cm³/mol. The van der Waals surface area contributed by atoms with Crippen LogP contribution >= 0.6 is 0 Å². The van der Waals surface area contributed by atoms with Gasteiger partial charge in [0.05, 0.1) is 9.82 Å². The molecule has 0 aliphatic rings. The molecule has 7 nitrogen and oxygen atoms in total. The lowest BCUT2D eigenvalue weighted by Gasteiger charge is -2.12. The third-order valence-electron chi connectivity index (χ3n) is 3.72. The van der Waals surface area contributed by atoms with E-state index in [1.807, 2.05) is 24.3 Å². The standard InChI is InChI=1S/C19H25N3O4S/c1-13(2)10-15-6-5-7-16(11-15)20-18-9-8-17(12-19(18)22(23)24)27(25,26)21-14(3)4/h5-9,11-14,20-21H,10H2,1-4H3. The van der Waals surface area contributed by atoms with Gasteiger partial charge in [-0.05, 0) is 56.0 Å². The first-order valence-corrected chi connectivity index (χ1v) is 10.2. The van der Waals surface area contributed by atoms with Crippen LogP contribution in [0.4, 0.5) is 17.1 Å². The first-order chi connectivity index (χ1) is 12.6. The van der Waals surface area contributed by atoms with Crippen LogP contribution in [0.3, 0.4) is 0 Å². The van der Waals surface area contributed by atoms with Gasteiger partial charge in [-0.1, -0.05) is 26.0 Å². The Bertz CT molecular complexity index is 924. The molecule has 0 fully saturated rings. The molecule has 0 radical (unpaired) electrons. The van der Waals surface area contributed by atoms with Crippen LogP contribution < -0.4 is 10.0 Å². The lowest BCUT2D eigenvalue weighted by Crippen LogP contribution is -2.30. The molecule has 2 rings (SSSR count). The summed E-state index contributed by atoms with van der Waals surface area (Å²) in [6.45, 7) is 7.61. The van der Waals surface area contributed by atoms with Crippen LogP contribution in [0.1, 0.15) is 33.3 Å². The number of nitrogens with zero attached hydrogens (tertiary/aromatic N) is 1. The monoisotopic (exact) mass is 391 g/mol. The lowest BCUT2D eigenvalue weighted by atomic mass is 10.0.